The highest BCUT2D eigenvalue weighted by molar-refractivity contribution is 5.77. The third-order valence-corrected chi connectivity index (χ3v) is 2.58. The quantitative estimate of drug-likeness (QED) is 0.560. The molecule has 5 nitrogen and oxygen atoms in total. The highest BCUT2D eigenvalue weighted by Gasteiger charge is 2.21. The molecule has 0 rings (SSSR count). The topological polar surface area (TPSA) is 73.6 Å². The lowest BCUT2D eigenvalue weighted by Crippen LogP contribution is -2.40. The molecule has 3 N–H and O–H groups in total. The molecule has 0 aliphatic heterocycles. The number of hydrogen-bond donors (Lipinski definition) is 2. The third-order valence-electron chi connectivity index (χ3n) is 2.58. The van der Waals surface area contributed by atoms with Gasteiger partial charge in [-0.2, -0.15) is 0 Å². The van der Waals surface area contributed by atoms with Gasteiger partial charge in [0.15, 0.2) is 0 Å². The Labute approximate surface area is 97.7 Å². The number of ether oxygens (including phenoxy) is 2. The van der Waals surface area contributed by atoms with Crippen LogP contribution >= 0.6 is 0 Å². The molecule has 0 radical (unpaired) electrons. The average molecular weight is 232 g/mol. The van der Waals surface area contributed by atoms with Crippen molar-refractivity contribution < 1.29 is 14.3 Å². The highest BCUT2D eigenvalue weighted by atomic mass is 16.5. The van der Waals surface area contributed by atoms with E-state index >= 15 is 0 Å². The highest BCUT2D eigenvalue weighted by Crippen LogP contribution is 2.12. The summed E-state index contributed by atoms with van der Waals surface area (Å²) < 4.78 is 10.4. The van der Waals surface area contributed by atoms with Crippen LogP contribution in [0.15, 0.2) is 0 Å². The van der Waals surface area contributed by atoms with E-state index < -0.39 is 5.60 Å². The van der Waals surface area contributed by atoms with Crippen molar-refractivity contribution in [3.63, 3.8) is 0 Å². The Morgan fingerprint density at radius 1 is 1.50 bits per heavy atom. The molecule has 0 saturated heterocycles. The molecule has 0 aliphatic rings. The van der Waals surface area contributed by atoms with E-state index in [1.165, 1.54) is 0 Å². The Bertz CT molecular complexity index is 194. The molecule has 0 aromatic rings. The number of amides is 1. The fourth-order valence-electron chi connectivity index (χ4n) is 1.04. The largest absolute Gasteiger partial charge is 0.385 e. The summed E-state index contributed by atoms with van der Waals surface area (Å²) >= 11 is 0. The molecular weight excluding hydrogens is 208 g/mol. The Kier molecular flexibility index (Phi) is 8.15. The molecule has 0 bridgehead atoms. The van der Waals surface area contributed by atoms with Gasteiger partial charge in [-0.1, -0.05) is 6.92 Å². The van der Waals surface area contributed by atoms with Crippen LogP contribution in [0.5, 0.6) is 0 Å². The fourth-order valence-corrected chi connectivity index (χ4v) is 1.04. The van der Waals surface area contributed by atoms with E-state index in [0.717, 1.165) is 12.8 Å². The second-order valence-corrected chi connectivity index (χ2v) is 3.99. The number of rotatable bonds is 9. The minimum Gasteiger partial charge on any atom is -0.385 e. The maximum atomic E-state index is 11.4. The van der Waals surface area contributed by atoms with Gasteiger partial charge in [0.05, 0.1) is 5.60 Å². The minimum atomic E-state index is -0.399. The van der Waals surface area contributed by atoms with Gasteiger partial charge in [-0.15, -0.1) is 0 Å². The van der Waals surface area contributed by atoms with Gasteiger partial charge in [-0.3, -0.25) is 4.79 Å². The number of nitrogens with two attached hydrogens (primary N) is 1. The van der Waals surface area contributed by atoms with Crippen LogP contribution in [0.1, 0.15) is 26.7 Å². The van der Waals surface area contributed by atoms with Crippen molar-refractivity contribution in [2.45, 2.75) is 32.3 Å². The van der Waals surface area contributed by atoms with Gasteiger partial charge in [-0.25, -0.2) is 0 Å². The number of methoxy groups -OCH3 is 1. The molecule has 0 heterocycles. The van der Waals surface area contributed by atoms with Gasteiger partial charge in [0.1, 0.15) is 6.61 Å². The molecule has 0 aromatic carbocycles. The minimum absolute atomic E-state index is 0.0640. The van der Waals surface area contributed by atoms with Crippen molar-refractivity contribution in [3.8, 4) is 0 Å². The van der Waals surface area contributed by atoms with Gasteiger partial charge < -0.3 is 20.5 Å². The zero-order valence-electron chi connectivity index (χ0n) is 10.5. The number of hydrogen-bond acceptors (Lipinski definition) is 4. The maximum absolute atomic E-state index is 11.4. The number of carbonyl (C=O) groups is 1. The van der Waals surface area contributed by atoms with Crippen LogP contribution in [-0.4, -0.2) is 44.9 Å². The third kappa shape index (κ3) is 6.76. The second-order valence-electron chi connectivity index (χ2n) is 3.99. The van der Waals surface area contributed by atoms with E-state index in [2.05, 4.69) is 5.32 Å². The van der Waals surface area contributed by atoms with Crippen molar-refractivity contribution >= 4 is 5.91 Å². The molecule has 96 valence electrons. The smallest absolute Gasteiger partial charge is 0.246 e. The van der Waals surface area contributed by atoms with Crippen LogP contribution in [-0.2, 0) is 14.3 Å². The van der Waals surface area contributed by atoms with Crippen molar-refractivity contribution in [1.29, 1.82) is 0 Å². The molecular formula is C11H24N2O3. The van der Waals surface area contributed by atoms with Gasteiger partial charge in [-0.05, 0) is 19.8 Å². The maximum Gasteiger partial charge on any atom is 0.246 e. The summed E-state index contributed by atoms with van der Waals surface area (Å²) in [4.78, 5) is 11.4. The first kappa shape index (κ1) is 15.3. The van der Waals surface area contributed by atoms with Crippen LogP contribution < -0.4 is 11.1 Å². The monoisotopic (exact) mass is 232 g/mol. The van der Waals surface area contributed by atoms with Crippen molar-refractivity contribution in [2.75, 3.05) is 33.4 Å². The molecule has 0 fully saturated rings. The first-order valence-electron chi connectivity index (χ1n) is 5.67. The SMILES string of the molecule is CCC(C)(CN)OCC(=O)NCCCOC. The molecule has 1 unspecified atom stereocenters. The summed E-state index contributed by atoms with van der Waals surface area (Å²) in [7, 11) is 1.64. The lowest BCUT2D eigenvalue weighted by Gasteiger charge is -2.26. The molecule has 1 atom stereocenters. The van der Waals surface area contributed by atoms with Crippen LogP contribution in [0.2, 0.25) is 0 Å². The van der Waals surface area contributed by atoms with Gasteiger partial charge >= 0.3 is 0 Å². The summed E-state index contributed by atoms with van der Waals surface area (Å²) in [6, 6.07) is 0. The zero-order chi connectivity index (χ0) is 12.4. The van der Waals surface area contributed by atoms with Gasteiger partial charge in [0.25, 0.3) is 0 Å². The van der Waals surface area contributed by atoms with E-state index in [9.17, 15) is 4.79 Å². The lowest BCUT2D eigenvalue weighted by molar-refractivity contribution is -0.132. The Morgan fingerprint density at radius 3 is 2.69 bits per heavy atom. The molecule has 0 aliphatic carbocycles. The van der Waals surface area contributed by atoms with E-state index in [1.807, 2.05) is 13.8 Å². The summed E-state index contributed by atoms with van der Waals surface area (Å²) in [6.07, 6.45) is 1.60. The van der Waals surface area contributed by atoms with Gasteiger partial charge in [0, 0.05) is 26.8 Å². The molecule has 1 amide bonds. The predicted octanol–water partition coefficient (Wildman–Crippen LogP) is 0.283. The van der Waals surface area contributed by atoms with Crippen LogP contribution in [0.3, 0.4) is 0 Å². The predicted molar refractivity (Wildman–Crippen MR) is 63.2 cm³/mol. The van der Waals surface area contributed by atoms with Crippen LogP contribution in [0.4, 0.5) is 0 Å². The van der Waals surface area contributed by atoms with Crippen molar-refractivity contribution in [2.24, 2.45) is 5.73 Å². The first-order valence-corrected chi connectivity index (χ1v) is 5.67. The summed E-state index contributed by atoms with van der Waals surface area (Å²) in [5.74, 6) is -0.107. The van der Waals surface area contributed by atoms with E-state index in [1.54, 1.807) is 7.11 Å². The van der Waals surface area contributed by atoms with E-state index in [-0.39, 0.29) is 12.5 Å². The Morgan fingerprint density at radius 2 is 2.19 bits per heavy atom. The van der Waals surface area contributed by atoms with Crippen molar-refractivity contribution in [3.05, 3.63) is 0 Å². The summed E-state index contributed by atoms with van der Waals surface area (Å²) in [5.41, 5.74) is 5.17. The van der Waals surface area contributed by atoms with E-state index in [0.29, 0.717) is 19.7 Å². The van der Waals surface area contributed by atoms with Crippen molar-refractivity contribution in [1.82, 2.24) is 5.32 Å². The molecule has 16 heavy (non-hydrogen) atoms. The number of nitrogens with one attached hydrogen (secondary N) is 1. The zero-order valence-corrected chi connectivity index (χ0v) is 10.5. The van der Waals surface area contributed by atoms with E-state index in [4.69, 9.17) is 15.2 Å². The lowest BCUT2D eigenvalue weighted by atomic mass is 10.0. The Hall–Kier alpha value is -0.650. The normalized spacial score (nSPS) is 14.5. The van der Waals surface area contributed by atoms with Gasteiger partial charge in [0.2, 0.25) is 5.91 Å². The summed E-state index contributed by atoms with van der Waals surface area (Å²) in [5, 5.41) is 2.75. The summed E-state index contributed by atoms with van der Waals surface area (Å²) in [6.45, 7) is 5.64. The Balaban J connectivity index is 3.64. The molecule has 5 heteroatoms. The molecule has 0 saturated carbocycles. The standard InChI is InChI=1S/C11H24N2O3/c1-4-11(2,9-12)16-8-10(14)13-6-5-7-15-3/h4-9,12H2,1-3H3,(H,13,14). The number of carbonyl (C=O) groups excluding carboxylic acids is 1. The first-order chi connectivity index (χ1) is 7.58. The van der Waals surface area contributed by atoms with Crippen LogP contribution in [0.25, 0.3) is 0 Å². The fraction of sp³-hybridized carbons (Fsp3) is 0.909. The average Bonchev–Trinajstić information content (AvgIpc) is 2.31. The second kappa shape index (κ2) is 8.50. The van der Waals surface area contributed by atoms with Crippen LogP contribution in [0, 0.1) is 0 Å². The molecule has 0 aromatic heterocycles. The molecule has 0 spiro atoms.